The summed E-state index contributed by atoms with van der Waals surface area (Å²) in [4.78, 5) is 0. The highest BCUT2D eigenvalue weighted by atomic mass is 14.2. The molecule has 2 aromatic carbocycles. The number of benzene rings is 2. The van der Waals surface area contributed by atoms with Crippen LogP contribution in [-0.2, 0) is 0 Å². The van der Waals surface area contributed by atoms with Crippen LogP contribution in [0.15, 0.2) is 109 Å². The van der Waals surface area contributed by atoms with E-state index >= 15 is 0 Å². The maximum Gasteiger partial charge on any atom is 0.0918 e. The molecule has 1 aliphatic rings. The Morgan fingerprint density at radius 3 is 1.79 bits per heavy atom. The lowest BCUT2D eigenvalue weighted by molar-refractivity contribution is 1.52. The van der Waals surface area contributed by atoms with Gasteiger partial charge >= 0.3 is 0 Å². The van der Waals surface area contributed by atoms with Crippen molar-refractivity contribution >= 4 is 11.1 Å². The lowest BCUT2D eigenvalue weighted by atomic mass is 9.88. The Balaban J connectivity index is 2.27. The Labute approximate surface area is 142 Å². The molecule has 0 saturated heterocycles. The van der Waals surface area contributed by atoms with Gasteiger partial charge in [-0.1, -0.05) is 97.1 Å². The lowest BCUT2D eigenvalue weighted by Gasteiger charge is -2.15. The Morgan fingerprint density at radius 2 is 1.25 bits per heavy atom. The summed E-state index contributed by atoms with van der Waals surface area (Å²) in [6, 6.07) is 22.5. The number of rotatable bonds is 3. The average molecular weight is 307 g/mol. The topological polar surface area (TPSA) is 23.8 Å². The van der Waals surface area contributed by atoms with Gasteiger partial charge in [0.15, 0.2) is 0 Å². The van der Waals surface area contributed by atoms with Gasteiger partial charge < -0.3 is 0 Å². The maximum absolute atomic E-state index is 9.35. The van der Waals surface area contributed by atoms with Gasteiger partial charge in [0, 0.05) is 11.6 Å². The van der Waals surface area contributed by atoms with E-state index < -0.39 is 0 Å². The van der Waals surface area contributed by atoms with Crippen LogP contribution in [0, 0.1) is 11.3 Å². The first-order chi connectivity index (χ1) is 11.9. The third-order valence-electron chi connectivity index (χ3n) is 3.80. The Kier molecular flexibility index (Phi) is 5.02. The molecule has 0 heterocycles. The molecule has 0 amide bonds. The third-order valence-corrected chi connectivity index (χ3v) is 3.80. The minimum Gasteiger partial charge on any atom is -0.193 e. The molecule has 0 saturated carbocycles. The van der Waals surface area contributed by atoms with Crippen molar-refractivity contribution < 1.29 is 0 Å². The molecule has 1 heteroatoms. The monoisotopic (exact) mass is 307 g/mol. The van der Waals surface area contributed by atoms with Gasteiger partial charge in [-0.15, -0.1) is 0 Å². The van der Waals surface area contributed by atoms with Gasteiger partial charge in [0.25, 0.3) is 0 Å². The lowest BCUT2D eigenvalue weighted by Crippen LogP contribution is -1.94. The molecule has 0 atom stereocenters. The molecule has 0 aromatic heterocycles. The van der Waals surface area contributed by atoms with Crippen molar-refractivity contribution in [3.63, 3.8) is 0 Å². The molecule has 1 aliphatic carbocycles. The van der Waals surface area contributed by atoms with Gasteiger partial charge in [0.1, 0.15) is 0 Å². The van der Waals surface area contributed by atoms with Crippen LogP contribution in [0.5, 0.6) is 0 Å². The fraction of sp³-hybridized carbons (Fsp3) is 0. The van der Waals surface area contributed by atoms with E-state index in [9.17, 15) is 5.26 Å². The summed E-state index contributed by atoms with van der Waals surface area (Å²) in [6.45, 7) is 0. The van der Waals surface area contributed by atoms with E-state index in [-0.39, 0.29) is 0 Å². The summed E-state index contributed by atoms with van der Waals surface area (Å²) in [7, 11) is 0. The van der Waals surface area contributed by atoms with Gasteiger partial charge in [-0.3, -0.25) is 0 Å². The van der Waals surface area contributed by atoms with Crippen LogP contribution in [0.3, 0.4) is 0 Å². The van der Waals surface area contributed by atoms with Crippen LogP contribution in [0.2, 0.25) is 0 Å². The zero-order valence-electron chi connectivity index (χ0n) is 13.3. The highest BCUT2D eigenvalue weighted by Gasteiger charge is 2.13. The quantitative estimate of drug-likeness (QED) is 0.664. The fourth-order valence-electron chi connectivity index (χ4n) is 2.73. The van der Waals surface area contributed by atoms with Crippen LogP contribution < -0.4 is 0 Å². The third kappa shape index (κ3) is 3.51. The van der Waals surface area contributed by atoms with Crippen LogP contribution >= 0.6 is 0 Å². The van der Waals surface area contributed by atoms with Crippen LogP contribution in [0.1, 0.15) is 11.1 Å². The molecule has 0 unspecified atom stereocenters. The van der Waals surface area contributed by atoms with Crippen LogP contribution in [-0.4, -0.2) is 0 Å². The number of hydrogen-bond donors (Lipinski definition) is 0. The van der Waals surface area contributed by atoms with Crippen LogP contribution in [0.4, 0.5) is 0 Å². The van der Waals surface area contributed by atoms with E-state index in [0.29, 0.717) is 0 Å². The summed E-state index contributed by atoms with van der Waals surface area (Å²) in [5, 5.41) is 9.35. The highest BCUT2D eigenvalue weighted by Crippen LogP contribution is 2.35. The highest BCUT2D eigenvalue weighted by molar-refractivity contribution is 6.08. The zero-order chi connectivity index (χ0) is 16.6. The van der Waals surface area contributed by atoms with E-state index in [4.69, 9.17) is 0 Å². The van der Waals surface area contributed by atoms with Crippen LogP contribution in [0.25, 0.3) is 11.1 Å². The number of allylic oxidation sites excluding steroid dienone is 10. The smallest absolute Gasteiger partial charge is 0.0918 e. The molecule has 0 spiro atoms. The largest absolute Gasteiger partial charge is 0.193 e. The summed E-state index contributed by atoms with van der Waals surface area (Å²) in [6.07, 6.45) is 13.8. The molecule has 0 fully saturated rings. The van der Waals surface area contributed by atoms with Gasteiger partial charge in [-0.2, -0.15) is 5.26 Å². The molecule has 114 valence electrons. The van der Waals surface area contributed by atoms with E-state index in [1.54, 1.807) is 6.08 Å². The van der Waals surface area contributed by atoms with Gasteiger partial charge in [0.2, 0.25) is 0 Å². The number of hydrogen-bond acceptors (Lipinski definition) is 1. The molecule has 0 radical (unpaired) electrons. The second kappa shape index (κ2) is 7.76. The first-order valence-electron chi connectivity index (χ1n) is 7.87. The molecule has 3 rings (SSSR count). The summed E-state index contributed by atoms with van der Waals surface area (Å²) in [5.41, 5.74) is 5.19. The molecule has 0 aliphatic heterocycles. The predicted octanol–water partition coefficient (Wildman–Crippen LogP) is 5.73. The first-order valence-corrected chi connectivity index (χ1v) is 7.87. The maximum atomic E-state index is 9.35. The van der Waals surface area contributed by atoms with E-state index in [2.05, 4.69) is 30.4 Å². The molecular weight excluding hydrogens is 290 g/mol. The Bertz CT molecular complexity index is 868. The molecule has 2 aromatic rings. The normalized spacial score (nSPS) is 13.5. The second-order valence-corrected chi connectivity index (χ2v) is 5.35. The first kappa shape index (κ1) is 15.5. The molecule has 1 nitrogen and oxygen atoms in total. The Morgan fingerprint density at radius 1 is 0.708 bits per heavy atom. The predicted molar refractivity (Wildman–Crippen MR) is 101 cm³/mol. The Hall–Kier alpha value is -3.37. The van der Waals surface area contributed by atoms with Gasteiger partial charge in [0.05, 0.1) is 6.07 Å². The molecule has 0 N–H and O–H groups in total. The average Bonchev–Trinajstić information content (AvgIpc) is 2.92. The zero-order valence-corrected chi connectivity index (χ0v) is 13.3. The SMILES string of the molecule is N#C/C=C(/C(=C1C=CC=CC=C1)c1ccccc1)c1ccccc1. The van der Waals surface area contributed by atoms with Crippen molar-refractivity contribution in [3.8, 4) is 6.07 Å². The molecule has 0 bridgehead atoms. The standard InChI is InChI=1S/C23H17N/c24-18-17-22(19-11-7-3-8-12-19)23(21-15-9-4-10-16-21)20-13-5-1-2-6-14-20/h1-17H/b22-17+. The number of nitrogens with zero attached hydrogens (tertiary/aromatic N) is 1. The van der Waals surface area contributed by atoms with Gasteiger partial charge in [-0.25, -0.2) is 0 Å². The van der Waals surface area contributed by atoms with Crippen molar-refractivity contribution in [2.24, 2.45) is 0 Å². The van der Waals surface area contributed by atoms with Crippen molar-refractivity contribution in [3.05, 3.63) is 120 Å². The second-order valence-electron chi connectivity index (χ2n) is 5.35. The summed E-state index contributed by atoms with van der Waals surface area (Å²) < 4.78 is 0. The van der Waals surface area contributed by atoms with E-state index in [1.807, 2.05) is 72.8 Å². The van der Waals surface area contributed by atoms with Gasteiger partial charge in [-0.05, 0) is 22.3 Å². The fourth-order valence-corrected chi connectivity index (χ4v) is 2.73. The van der Waals surface area contributed by atoms with Crippen molar-refractivity contribution in [1.29, 1.82) is 5.26 Å². The van der Waals surface area contributed by atoms with Crippen molar-refractivity contribution in [1.82, 2.24) is 0 Å². The number of nitriles is 1. The minimum absolute atomic E-state index is 0.926. The van der Waals surface area contributed by atoms with E-state index in [0.717, 1.165) is 27.8 Å². The molecule has 24 heavy (non-hydrogen) atoms. The summed E-state index contributed by atoms with van der Waals surface area (Å²) >= 11 is 0. The van der Waals surface area contributed by atoms with Crippen molar-refractivity contribution in [2.75, 3.05) is 0 Å². The minimum atomic E-state index is 0.926. The van der Waals surface area contributed by atoms with Crippen molar-refractivity contribution in [2.45, 2.75) is 0 Å². The van der Waals surface area contributed by atoms with E-state index in [1.165, 1.54) is 0 Å². The summed E-state index contributed by atoms with van der Waals surface area (Å²) in [5.74, 6) is 0. The molecular formula is C23H17N.